The van der Waals surface area contributed by atoms with Gasteiger partial charge >= 0.3 is 0 Å². The van der Waals surface area contributed by atoms with Gasteiger partial charge in [0.05, 0.1) is 5.02 Å². The predicted octanol–water partition coefficient (Wildman–Crippen LogP) is 2.65. The maximum Gasteiger partial charge on any atom is 0.159 e. The second-order valence-corrected chi connectivity index (χ2v) is 4.22. The van der Waals surface area contributed by atoms with Crippen LogP contribution in [0.5, 0.6) is 0 Å². The quantitative estimate of drug-likeness (QED) is 0.848. The highest BCUT2D eigenvalue weighted by molar-refractivity contribution is 7.80. The Bertz CT molecular complexity index is 605. The molecule has 2 rings (SSSR count). The summed E-state index contributed by atoms with van der Waals surface area (Å²) in [5, 5.41) is 2.93. The molecular weight excluding hydrogens is 275 g/mol. The minimum absolute atomic E-state index is 0.0502. The first-order valence-electron chi connectivity index (χ1n) is 4.91. The van der Waals surface area contributed by atoms with E-state index in [-0.39, 0.29) is 10.0 Å². The summed E-state index contributed by atoms with van der Waals surface area (Å²) in [6, 6.07) is 4.31. The van der Waals surface area contributed by atoms with Crippen molar-refractivity contribution < 1.29 is 4.39 Å². The average Bonchev–Trinajstić information content (AvgIpc) is 2.34. The lowest BCUT2D eigenvalue weighted by Gasteiger charge is -2.09. The van der Waals surface area contributed by atoms with Gasteiger partial charge in [0.25, 0.3) is 0 Å². The average molecular weight is 283 g/mol. The number of nitrogens with two attached hydrogens (primary N) is 1. The fraction of sp³-hybridized carbons (Fsp3) is 0. The first-order valence-corrected chi connectivity index (χ1v) is 5.69. The SMILES string of the molecule is NC(=S)c1nccnc1Nc1ccc(Cl)c(F)c1. The zero-order valence-electron chi connectivity index (χ0n) is 9.02. The van der Waals surface area contributed by atoms with Crippen LogP contribution >= 0.6 is 23.8 Å². The number of thiocarbonyl (C=S) groups is 1. The first-order chi connectivity index (χ1) is 8.58. The number of hydrogen-bond acceptors (Lipinski definition) is 4. The van der Waals surface area contributed by atoms with Crippen molar-refractivity contribution in [2.45, 2.75) is 0 Å². The molecule has 1 heterocycles. The Kier molecular flexibility index (Phi) is 3.69. The predicted molar refractivity (Wildman–Crippen MR) is 72.6 cm³/mol. The molecule has 3 N–H and O–H groups in total. The molecule has 0 aliphatic carbocycles. The summed E-state index contributed by atoms with van der Waals surface area (Å²) in [6.45, 7) is 0. The number of anilines is 2. The van der Waals surface area contributed by atoms with Gasteiger partial charge in [0.1, 0.15) is 16.5 Å². The van der Waals surface area contributed by atoms with Gasteiger partial charge in [0.2, 0.25) is 0 Å². The van der Waals surface area contributed by atoms with Crippen molar-refractivity contribution >= 4 is 40.3 Å². The van der Waals surface area contributed by atoms with Gasteiger partial charge in [-0.1, -0.05) is 23.8 Å². The Hall–Kier alpha value is -1.79. The molecule has 18 heavy (non-hydrogen) atoms. The molecule has 0 fully saturated rings. The fourth-order valence-corrected chi connectivity index (χ4v) is 1.59. The van der Waals surface area contributed by atoms with Gasteiger partial charge < -0.3 is 11.1 Å². The van der Waals surface area contributed by atoms with Gasteiger partial charge in [0, 0.05) is 18.1 Å². The van der Waals surface area contributed by atoms with Gasteiger partial charge in [-0.15, -0.1) is 0 Å². The molecule has 2 aromatic rings. The Morgan fingerprint density at radius 2 is 2.06 bits per heavy atom. The molecular formula is C11H8ClFN4S. The Morgan fingerprint density at radius 3 is 2.72 bits per heavy atom. The number of aromatic nitrogens is 2. The van der Waals surface area contributed by atoms with E-state index in [9.17, 15) is 4.39 Å². The number of rotatable bonds is 3. The highest BCUT2D eigenvalue weighted by atomic mass is 35.5. The molecule has 1 aromatic heterocycles. The molecule has 0 aliphatic heterocycles. The van der Waals surface area contributed by atoms with Crippen LogP contribution in [0.3, 0.4) is 0 Å². The van der Waals surface area contributed by atoms with E-state index in [0.29, 0.717) is 17.2 Å². The van der Waals surface area contributed by atoms with E-state index in [2.05, 4.69) is 15.3 Å². The van der Waals surface area contributed by atoms with Crippen LogP contribution in [0.4, 0.5) is 15.9 Å². The Labute approximate surface area is 113 Å². The van der Waals surface area contributed by atoms with Crippen molar-refractivity contribution in [3.05, 3.63) is 47.1 Å². The molecule has 0 amide bonds. The number of nitrogens with one attached hydrogen (secondary N) is 1. The lowest BCUT2D eigenvalue weighted by Crippen LogP contribution is -2.14. The second-order valence-electron chi connectivity index (χ2n) is 3.37. The maximum absolute atomic E-state index is 13.3. The second kappa shape index (κ2) is 5.24. The molecule has 0 saturated carbocycles. The lowest BCUT2D eigenvalue weighted by molar-refractivity contribution is 0.629. The normalized spacial score (nSPS) is 10.1. The van der Waals surface area contributed by atoms with Gasteiger partial charge in [-0.05, 0) is 18.2 Å². The maximum atomic E-state index is 13.3. The van der Waals surface area contributed by atoms with Crippen LogP contribution in [-0.4, -0.2) is 15.0 Å². The van der Waals surface area contributed by atoms with Crippen LogP contribution in [0.2, 0.25) is 5.02 Å². The van der Waals surface area contributed by atoms with E-state index in [1.54, 1.807) is 6.07 Å². The van der Waals surface area contributed by atoms with Gasteiger partial charge in [0.15, 0.2) is 5.82 Å². The number of benzene rings is 1. The van der Waals surface area contributed by atoms with Crippen molar-refractivity contribution in [3.8, 4) is 0 Å². The van der Waals surface area contributed by atoms with Gasteiger partial charge in [-0.3, -0.25) is 0 Å². The topological polar surface area (TPSA) is 63.8 Å². The van der Waals surface area contributed by atoms with E-state index < -0.39 is 5.82 Å². The minimum atomic E-state index is -0.526. The van der Waals surface area contributed by atoms with Crippen molar-refractivity contribution in [1.29, 1.82) is 0 Å². The molecule has 0 unspecified atom stereocenters. The summed E-state index contributed by atoms with van der Waals surface area (Å²) in [5.74, 6) is -0.158. The van der Waals surface area contributed by atoms with Crippen molar-refractivity contribution in [3.63, 3.8) is 0 Å². The van der Waals surface area contributed by atoms with Crippen molar-refractivity contribution in [1.82, 2.24) is 9.97 Å². The Morgan fingerprint density at radius 1 is 1.33 bits per heavy atom. The van der Waals surface area contributed by atoms with Crippen molar-refractivity contribution in [2.24, 2.45) is 5.73 Å². The highest BCUT2D eigenvalue weighted by Gasteiger charge is 2.09. The van der Waals surface area contributed by atoms with Crippen LogP contribution in [-0.2, 0) is 0 Å². The zero-order chi connectivity index (χ0) is 13.1. The van der Waals surface area contributed by atoms with Gasteiger partial charge in [-0.2, -0.15) is 0 Å². The molecule has 0 saturated heterocycles. The number of halogens is 2. The number of nitrogens with zero attached hydrogens (tertiary/aromatic N) is 2. The summed E-state index contributed by atoms with van der Waals surface area (Å²) < 4.78 is 13.3. The van der Waals surface area contributed by atoms with E-state index in [0.717, 1.165) is 0 Å². The molecule has 0 atom stereocenters. The molecule has 4 nitrogen and oxygen atoms in total. The molecule has 1 aromatic carbocycles. The fourth-order valence-electron chi connectivity index (χ4n) is 1.32. The third-order valence-electron chi connectivity index (χ3n) is 2.11. The van der Waals surface area contributed by atoms with Crippen molar-refractivity contribution in [2.75, 3.05) is 5.32 Å². The minimum Gasteiger partial charge on any atom is -0.388 e. The molecule has 92 valence electrons. The first kappa shape index (κ1) is 12.7. The van der Waals surface area contributed by atoms with Crippen LogP contribution in [0, 0.1) is 5.82 Å². The summed E-state index contributed by atoms with van der Waals surface area (Å²) in [5.41, 5.74) is 6.35. The summed E-state index contributed by atoms with van der Waals surface area (Å²) >= 11 is 10.4. The zero-order valence-corrected chi connectivity index (χ0v) is 10.6. The van der Waals surface area contributed by atoms with E-state index >= 15 is 0 Å². The molecule has 0 aliphatic rings. The van der Waals surface area contributed by atoms with Crippen LogP contribution in [0.25, 0.3) is 0 Å². The smallest absolute Gasteiger partial charge is 0.159 e. The molecule has 7 heteroatoms. The van der Waals surface area contributed by atoms with E-state index in [1.165, 1.54) is 24.5 Å². The molecule has 0 bridgehead atoms. The van der Waals surface area contributed by atoms with Crippen LogP contribution in [0.1, 0.15) is 5.69 Å². The molecule has 0 radical (unpaired) electrons. The third-order valence-corrected chi connectivity index (χ3v) is 2.61. The standard InChI is InChI=1S/C11H8ClFN4S/c12-7-2-1-6(5-8(7)13)17-11-9(10(14)18)15-3-4-16-11/h1-5H,(H2,14,18)(H,16,17). The monoisotopic (exact) mass is 282 g/mol. The Balaban J connectivity index is 2.34. The lowest BCUT2D eigenvalue weighted by atomic mass is 10.3. The van der Waals surface area contributed by atoms with Crippen LogP contribution < -0.4 is 11.1 Å². The highest BCUT2D eigenvalue weighted by Crippen LogP contribution is 2.22. The third kappa shape index (κ3) is 2.72. The summed E-state index contributed by atoms with van der Waals surface area (Å²) in [4.78, 5) is 8.17. The van der Waals surface area contributed by atoms with Crippen LogP contribution in [0.15, 0.2) is 30.6 Å². The van der Waals surface area contributed by atoms with E-state index in [4.69, 9.17) is 29.6 Å². The van der Waals surface area contributed by atoms with Gasteiger partial charge in [-0.25, -0.2) is 14.4 Å². The summed E-state index contributed by atoms with van der Waals surface area (Å²) in [6.07, 6.45) is 2.96. The molecule has 0 spiro atoms. The van der Waals surface area contributed by atoms with E-state index in [1.807, 2.05) is 0 Å². The summed E-state index contributed by atoms with van der Waals surface area (Å²) in [7, 11) is 0. The largest absolute Gasteiger partial charge is 0.388 e. The number of hydrogen-bond donors (Lipinski definition) is 2.